The Morgan fingerprint density at radius 3 is 2.87 bits per heavy atom. The molecule has 0 unspecified atom stereocenters. The first-order valence-electron chi connectivity index (χ1n) is 8.68. The number of hydrogen-bond donors (Lipinski definition) is 1. The van der Waals surface area contributed by atoms with Gasteiger partial charge < -0.3 is 10.1 Å². The Hall–Kier alpha value is -1.85. The van der Waals surface area contributed by atoms with E-state index in [9.17, 15) is 4.79 Å². The Labute approximate surface area is 137 Å². The van der Waals surface area contributed by atoms with Crippen LogP contribution in [-0.4, -0.2) is 35.3 Å². The highest BCUT2D eigenvalue weighted by molar-refractivity contribution is 5.89. The van der Waals surface area contributed by atoms with Crippen molar-refractivity contribution < 1.29 is 9.53 Å². The van der Waals surface area contributed by atoms with Crippen LogP contribution in [-0.2, 0) is 4.74 Å². The van der Waals surface area contributed by atoms with Crippen molar-refractivity contribution in [2.24, 2.45) is 11.8 Å². The maximum absolute atomic E-state index is 12.0. The van der Waals surface area contributed by atoms with Crippen LogP contribution < -0.4 is 10.2 Å². The molecule has 23 heavy (non-hydrogen) atoms. The van der Waals surface area contributed by atoms with E-state index in [-0.39, 0.29) is 12.1 Å². The minimum Gasteiger partial charge on any atom is -0.447 e. The van der Waals surface area contributed by atoms with Gasteiger partial charge in [-0.3, -0.25) is 4.90 Å². The average Bonchev–Trinajstić information content (AvgIpc) is 2.96. The normalized spacial score (nSPS) is 22.5. The van der Waals surface area contributed by atoms with E-state index in [2.05, 4.69) is 29.1 Å². The monoisotopic (exact) mass is 318 g/mol. The summed E-state index contributed by atoms with van der Waals surface area (Å²) in [5, 5.41) is 3.34. The van der Waals surface area contributed by atoms with Gasteiger partial charge in [0.05, 0.1) is 6.04 Å². The standard InChI is InChI=1S/C17H26N4O2/c1-12(2)14-11-23-17(22)21(14)15-8-9-18-16(20-15)19-10-13-6-4-3-5-7-13/h8-9,12-14H,3-7,10-11H2,1-2H3,(H,18,19,20)/t14-/m1/s1. The van der Waals surface area contributed by atoms with Crippen molar-refractivity contribution in [1.29, 1.82) is 0 Å². The van der Waals surface area contributed by atoms with Crippen molar-refractivity contribution >= 4 is 17.9 Å². The van der Waals surface area contributed by atoms with E-state index in [0.29, 0.717) is 30.2 Å². The largest absolute Gasteiger partial charge is 0.447 e. The van der Waals surface area contributed by atoms with Crippen LogP contribution in [0.4, 0.5) is 16.6 Å². The smallest absolute Gasteiger partial charge is 0.415 e. The molecule has 3 rings (SSSR count). The lowest BCUT2D eigenvalue weighted by Gasteiger charge is -2.24. The van der Waals surface area contributed by atoms with Crippen molar-refractivity contribution in [3.8, 4) is 0 Å². The number of carbonyl (C=O) groups is 1. The molecule has 1 aromatic heterocycles. The van der Waals surface area contributed by atoms with Gasteiger partial charge in [0.15, 0.2) is 0 Å². The van der Waals surface area contributed by atoms with Crippen molar-refractivity contribution in [2.45, 2.75) is 52.0 Å². The Morgan fingerprint density at radius 2 is 2.13 bits per heavy atom. The highest BCUT2D eigenvalue weighted by atomic mass is 16.6. The fourth-order valence-electron chi connectivity index (χ4n) is 3.39. The number of nitrogens with one attached hydrogen (secondary N) is 1. The summed E-state index contributed by atoms with van der Waals surface area (Å²) in [7, 11) is 0. The number of hydrogen-bond acceptors (Lipinski definition) is 5. The molecule has 1 saturated heterocycles. The van der Waals surface area contributed by atoms with E-state index in [1.54, 1.807) is 17.2 Å². The maximum Gasteiger partial charge on any atom is 0.415 e. The van der Waals surface area contributed by atoms with Crippen molar-refractivity contribution in [2.75, 3.05) is 23.4 Å². The molecule has 1 aliphatic heterocycles. The Balaban J connectivity index is 1.67. The summed E-state index contributed by atoms with van der Waals surface area (Å²) < 4.78 is 5.20. The minimum absolute atomic E-state index is 0.0311. The zero-order valence-corrected chi connectivity index (χ0v) is 14.0. The van der Waals surface area contributed by atoms with Gasteiger partial charge in [-0.25, -0.2) is 9.78 Å². The van der Waals surface area contributed by atoms with E-state index in [1.165, 1.54) is 32.1 Å². The number of amides is 1. The van der Waals surface area contributed by atoms with Crippen LogP contribution in [0.1, 0.15) is 46.0 Å². The number of carbonyl (C=O) groups excluding carboxylic acids is 1. The lowest BCUT2D eigenvalue weighted by atomic mass is 9.89. The molecule has 1 atom stereocenters. The summed E-state index contributed by atoms with van der Waals surface area (Å²) >= 11 is 0. The molecule has 0 bridgehead atoms. The van der Waals surface area contributed by atoms with Gasteiger partial charge in [0.25, 0.3) is 0 Å². The second-order valence-corrected chi connectivity index (χ2v) is 6.88. The molecule has 0 radical (unpaired) electrons. The summed E-state index contributed by atoms with van der Waals surface area (Å²) in [6.45, 7) is 5.50. The molecule has 1 aromatic rings. The Morgan fingerprint density at radius 1 is 1.35 bits per heavy atom. The maximum atomic E-state index is 12.0. The fourth-order valence-corrected chi connectivity index (χ4v) is 3.39. The van der Waals surface area contributed by atoms with E-state index >= 15 is 0 Å². The average molecular weight is 318 g/mol. The highest BCUT2D eigenvalue weighted by Crippen LogP contribution is 2.26. The van der Waals surface area contributed by atoms with Crippen LogP contribution in [0.25, 0.3) is 0 Å². The quantitative estimate of drug-likeness (QED) is 0.900. The van der Waals surface area contributed by atoms with E-state index in [4.69, 9.17) is 4.74 Å². The molecule has 1 aliphatic carbocycles. The molecule has 0 aromatic carbocycles. The lowest BCUT2D eigenvalue weighted by molar-refractivity contribution is 0.177. The number of ether oxygens (including phenoxy) is 1. The van der Waals surface area contributed by atoms with Gasteiger partial charge in [0.1, 0.15) is 12.4 Å². The third kappa shape index (κ3) is 3.74. The first-order valence-corrected chi connectivity index (χ1v) is 8.68. The molecule has 1 amide bonds. The van der Waals surface area contributed by atoms with Crippen LogP contribution in [0, 0.1) is 11.8 Å². The van der Waals surface area contributed by atoms with E-state index in [1.807, 2.05) is 0 Å². The third-order valence-corrected chi connectivity index (χ3v) is 4.84. The summed E-state index contributed by atoms with van der Waals surface area (Å²) in [5.74, 6) is 2.23. The molecule has 2 fully saturated rings. The molecule has 2 heterocycles. The van der Waals surface area contributed by atoms with Crippen LogP contribution in [0.5, 0.6) is 0 Å². The van der Waals surface area contributed by atoms with Crippen molar-refractivity contribution in [3.05, 3.63) is 12.3 Å². The van der Waals surface area contributed by atoms with Gasteiger partial charge in [-0.05, 0) is 30.7 Å². The predicted octanol–water partition coefficient (Wildman–Crippen LogP) is 3.45. The predicted molar refractivity (Wildman–Crippen MR) is 89.5 cm³/mol. The third-order valence-electron chi connectivity index (χ3n) is 4.84. The SMILES string of the molecule is CC(C)[C@H]1COC(=O)N1c1ccnc(NCC2CCCCC2)n1. The zero-order chi connectivity index (χ0) is 16.2. The number of rotatable bonds is 5. The summed E-state index contributed by atoms with van der Waals surface area (Å²) in [6, 6.07) is 1.80. The summed E-state index contributed by atoms with van der Waals surface area (Å²) in [5.41, 5.74) is 0. The molecule has 126 valence electrons. The molecule has 2 aliphatic rings. The zero-order valence-electron chi connectivity index (χ0n) is 14.0. The fraction of sp³-hybridized carbons (Fsp3) is 0.706. The Bertz CT molecular complexity index is 543. The van der Waals surface area contributed by atoms with Crippen LogP contribution in [0.2, 0.25) is 0 Å². The number of nitrogens with zero attached hydrogens (tertiary/aromatic N) is 3. The van der Waals surface area contributed by atoms with Crippen LogP contribution >= 0.6 is 0 Å². The molecule has 6 heteroatoms. The van der Waals surface area contributed by atoms with Gasteiger partial charge in [-0.1, -0.05) is 33.1 Å². The topological polar surface area (TPSA) is 67.3 Å². The van der Waals surface area contributed by atoms with Crippen LogP contribution in [0.15, 0.2) is 12.3 Å². The first kappa shape index (κ1) is 16.0. The Kier molecular flexibility index (Phi) is 4.98. The van der Waals surface area contributed by atoms with Gasteiger partial charge >= 0.3 is 6.09 Å². The molecule has 0 spiro atoms. The lowest BCUT2D eigenvalue weighted by Crippen LogP contribution is -2.37. The molecular formula is C17H26N4O2. The van der Waals surface area contributed by atoms with Gasteiger partial charge in [0, 0.05) is 12.7 Å². The molecular weight excluding hydrogens is 292 g/mol. The van der Waals surface area contributed by atoms with Crippen molar-refractivity contribution in [3.63, 3.8) is 0 Å². The second-order valence-electron chi connectivity index (χ2n) is 6.88. The van der Waals surface area contributed by atoms with Gasteiger partial charge in [-0.2, -0.15) is 4.98 Å². The number of anilines is 2. The summed E-state index contributed by atoms with van der Waals surface area (Å²) in [6.07, 6.45) is 7.94. The van der Waals surface area contributed by atoms with E-state index < -0.39 is 0 Å². The first-order chi connectivity index (χ1) is 11.1. The van der Waals surface area contributed by atoms with Crippen LogP contribution in [0.3, 0.4) is 0 Å². The van der Waals surface area contributed by atoms with Gasteiger partial charge in [0.2, 0.25) is 5.95 Å². The highest BCUT2D eigenvalue weighted by Gasteiger charge is 2.37. The second kappa shape index (κ2) is 7.15. The molecule has 1 saturated carbocycles. The number of aromatic nitrogens is 2. The summed E-state index contributed by atoms with van der Waals surface area (Å²) in [4.78, 5) is 22.5. The van der Waals surface area contributed by atoms with Crippen molar-refractivity contribution in [1.82, 2.24) is 9.97 Å². The number of cyclic esters (lactones) is 1. The molecule has 6 nitrogen and oxygen atoms in total. The minimum atomic E-state index is -0.319. The van der Waals surface area contributed by atoms with E-state index in [0.717, 1.165) is 6.54 Å². The van der Waals surface area contributed by atoms with Gasteiger partial charge in [-0.15, -0.1) is 0 Å². The molecule has 1 N–H and O–H groups in total.